The third kappa shape index (κ3) is 2.30. The maximum atomic E-state index is 12.6. The van der Waals surface area contributed by atoms with Gasteiger partial charge in [-0.05, 0) is 31.0 Å². The van der Waals surface area contributed by atoms with Gasteiger partial charge in [0.1, 0.15) is 4.33 Å². The Labute approximate surface area is 101 Å². The van der Waals surface area contributed by atoms with Crippen LogP contribution in [-0.4, -0.2) is 4.33 Å². The van der Waals surface area contributed by atoms with E-state index in [0.717, 1.165) is 12.1 Å². The average Bonchev–Trinajstić information content (AvgIpc) is 2.72. The van der Waals surface area contributed by atoms with Gasteiger partial charge in [0.05, 0.1) is 5.56 Å². The highest BCUT2D eigenvalue weighted by molar-refractivity contribution is 6.51. The van der Waals surface area contributed by atoms with Gasteiger partial charge in [-0.15, -0.1) is 23.2 Å². The zero-order valence-corrected chi connectivity index (χ0v) is 9.92. The number of halogens is 5. The molecule has 0 N–H and O–H groups in total. The van der Waals surface area contributed by atoms with Gasteiger partial charge in [0, 0.05) is 5.92 Å². The van der Waals surface area contributed by atoms with Crippen molar-refractivity contribution in [2.24, 2.45) is 0 Å². The summed E-state index contributed by atoms with van der Waals surface area (Å²) in [5.74, 6) is -0.183. The molecule has 1 fully saturated rings. The van der Waals surface area contributed by atoms with Crippen molar-refractivity contribution >= 4 is 23.2 Å². The van der Waals surface area contributed by atoms with Gasteiger partial charge in [0.15, 0.2) is 0 Å². The lowest BCUT2D eigenvalue weighted by molar-refractivity contribution is -0.137. The maximum absolute atomic E-state index is 12.6. The Morgan fingerprint density at radius 2 is 1.81 bits per heavy atom. The average molecular weight is 269 g/mol. The van der Waals surface area contributed by atoms with E-state index in [1.54, 1.807) is 13.0 Å². The molecule has 1 aliphatic carbocycles. The summed E-state index contributed by atoms with van der Waals surface area (Å²) in [6.07, 6.45) is -3.81. The summed E-state index contributed by atoms with van der Waals surface area (Å²) in [5, 5.41) is 0. The second-order valence-electron chi connectivity index (χ2n) is 4.15. The molecule has 0 nitrogen and oxygen atoms in total. The first kappa shape index (κ1) is 12.1. The molecule has 88 valence electrons. The van der Waals surface area contributed by atoms with Crippen LogP contribution in [0.3, 0.4) is 0 Å². The van der Waals surface area contributed by atoms with E-state index < -0.39 is 16.1 Å². The van der Waals surface area contributed by atoms with E-state index in [2.05, 4.69) is 0 Å². The Morgan fingerprint density at radius 3 is 2.25 bits per heavy atom. The molecule has 5 heteroatoms. The van der Waals surface area contributed by atoms with Gasteiger partial charge >= 0.3 is 6.18 Å². The number of hydrogen-bond donors (Lipinski definition) is 0. The van der Waals surface area contributed by atoms with Crippen molar-refractivity contribution < 1.29 is 13.2 Å². The molecule has 0 bridgehead atoms. The summed E-state index contributed by atoms with van der Waals surface area (Å²) >= 11 is 11.7. The van der Waals surface area contributed by atoms with Gasteiger partial charge < -0.3 is 0 Å². The van der Waals surface area contributed by atoms with Crippen LogP contribution in [0, 0.1) is 6.92 Å². The molecule has 0 spiro atoms. The second kappa shape index (κ2) is 3.54. The minimum absolute atomic E-state index is 0.183. The second-order valence-corrected chi connectivity index (χ2v) is 5.69. The monoisotopic (exact) mass is 268 g/mol. The molecule has 0 heterocycles. The predicted molar refractivity (Wildman–Crippen MR) is 58.0 cm³/mol. The van der Waals surface area contributed by atoms with E-state index in [9.17, 15) is 13.2 Å². The van der Waals surface area contributed by atoms with Crippen molar-refractivity contribution in [1.29, 1.82) is 0 Å². The van der Waals surface area contributed by atoms with E-state index in [1.807, 2.05) is 0 Å². The largest absolute Gasteiger partial charge is 0.416 e. The SMILES string of the molecule is Cc1cc(C2CC2(Cl)Cl)cc(C(F)(F)F)c1. The van der Waals surface area contributed by atoms with Crippen LogP contribution in [0.2, 0.25) is 0 Å². The smallest absolute Gasteiger partial charge is 0.166 e. The molecule has 0 radical (unpaired) electrons. The van der Waals surface area contributed by atoms with Crippen molar-refractivity contribution in [3.05, 3.63) is 34.9 Å². The fourth-order valence-corrected chi connectivity index (χ4v) is 2.31. The minimum atomic E-state index is -4.32. The number of benzene rings is 1. The molecule has 1 unspecified atom stereocenters. The molecule has 16 heavy (non-hydrogen) atoms. The lowest BCUT2D eigenvalue weighted by Gasteiger charge is -2.10. The molecule has 1 aromatic carbocycles. The molecule has 1 atom stereocenters. The number of hydrogen-bond acceptors (Lipinski definition) is 0. The van der Waals surface area contributed by atoms with Crippen molar-refractivity contribution in [2.45, 2.75) is 29.8 Å². The molecular weight excluding hydrogens is 260 g/mol. The molecule has 1 saturated carbocycles. The summed E-state index contributed by atoms with van der Waals surface area (Å²) < 4.78 is 36.8. The Morgan fingerprint density at radius 1 is 1.25 bits per heavy atom. The van der Waals surface area contributed by atoms with Gasteiger partial charge in [-0.3, -0.25) is 0 Å². The quantitative estimate of drug-likeness (QED) is 0.649. The van der Waals surface area contributed by atoms with Crippen LogP contribution < -0.4 is 0 Å². The Balaban J connectivity index is 2.38. The molecule has 0 saturated heterocycles. The zero-order valence-electron chi connectivity index (χ0n) is 8.41. The van der Waals surface area contributed by atoms with Crippen molar-refractivity contribution in [3.63, 3.8) is 0 Å². The summed E-state index contributed by atoms with van der Waals surface area (Å²) in [6.45, 7) is 1.63. The van der Waals surface area contributed by atoms with Crippen LogP contribution in [0.25, 0.3) is 0 Å². The number of rotatable bonds is 1. The molecule has 0 aromatic heterocycles. The first-order chi connectivity index (χ1) is 7.20. The topological polar surface area (TPSA) is 0 Å². The predicted octanol–water partition coefficient (Wildman–Crippen LogP) is 4.68. The van der Waals surface area contributed by atoms with Crippen molar-refractivity contribution in [3.8, 4) is 0 Å². The van der Waals surface area contributed by atoms with Gasteiger partial charge in [0.2, 0.25) is 0 Å². The summed E-state index contributed by atoms with van der Waals surface area (Å²) in [5.41, 5.74) is 0.497. The van der Waals surface area contributed by atoms with Crippen LogP contribution in [0.4, 0.5) is 13.2 Å². The first-order valence-electron chi connectivity index (χ1n) is 4.77. The minimum Gasteiger partial charge on any atom is -0.166 e. The highest BCUT2D eigenvalue weighted by Gasteiger charge is 2.52. The van der Waals surface area contributed by atoms with Gasteiger partial charge in [-0.25, -0.2) is 0 Å². The van der Waals surface area contributed by atoms with Crippen LogP contribution >= 0.6 is 23.2 Å². The van der Waals surface area contributed by atoms with Crippen molar-refractivity contribution in [1.82, 2.24) is 0 Å². The van der Waals surface area contributed by atoms with Gasteiger partial charge in [-0.2, -0.15) is 13.2 Å². The fourth-order valence-electron chi connectivity index (χ4n) is 1.75. The van der Waals surface area contributed by atoms with Crippen molar-refractivity contribution in [2.75, 3.05) is 0 Å². The van der Waals surface area contributed by atoms with Gasteiger partial charge in [-0.1, -0.05) is 11.6 Å². The molecule has 1 aromatic rings. The standard InChI is InChI=1S/C11H9Cl2F3/c1-6-2-7(9-5-10(9,12)13)4-8(3-6)11(14,15)16/h2-4,9H,5H2,1H3. The molecule has 0 amide bonds. The van der Waals surface area contributed by atoms with Gasteiger partial charge in [0.25, 0.3) is 0 Å². The fraction of sp³-hybridized carbons (Fsp3) is 0.455. The van der Waals surface area contributed by atoms with Crippen LogP contribution in [0.5, 0.6) is 0 Å². The summed E-state index contributed by atoms with van der Waals surface area (Å²) in [6, 6.07) is 3.95. The lowest BCUT2D eigenvalue weighted by atomic mass is 10.0. The maximum Gasteiger partial charge on any atom is 0.416 e. The molecule has 1 aliphatic rings. The Hall–Kier alpha value is -0.410. The summed E-state index contributed by atoms with van der Waals surface area (Å²) in [4.78, 5) is 0. The third-order valence-corrected chi connectivity index (χ3v) is 3.49. The van der Waals surface area contributed by atoms with E-state index >= 15 is 0 Å². The van der Waals surface area contributed by atoms with Crippen LogP contribution in [0.15, 0.2) is 18.2 Å². The van der Waals surface area contributed by atoms with Crippen LogP contribution in [-0.2, 0) is 6.18 Å². The Kier molecular flexibility index (Phi) is 2.67. The van der Waals surface area contributed by atoms with Crippen LogP contribution in [0.1, 0.15) is 29.0 Å². The molecule has 0 aliphatic heterocycles. The number of alkyl halides is 5. The highest BCUT2D eigenvalue weighted by atomic mass is 35.5. The first-order valence-corrected chi connectivity index (χ1v) is 5.52. The normalized spacial score (nSPS) is 23.2. The van der Waals surface area contributed by atoms with E-state index in [1.165, 1.54) is 0 Å². The van der Waals surface area contributed by atoms with E-state index in [4.69, 9.17) is 23.2 Å². The summed E-state index contributed by atoms with van der Waals surface area (Å²) in [7, 11) is 0. The molecule has 2 rings (SSSR count). The number of aryl methyl sites for hydroxylation is 1. The molecular formula is C11H9Cl2F3. The Bertz CT molecular complexity index is 424. The van der Waals surface area contributed by atoms with E-state index in [-0.39, 0.29) is 5.92 Å². The lowest BCUT2D eigenvalue weighted by Crippen LogP contribution is -2.06. The highest BCUT2D eigenvalue weighted by Crippen LogP contribution is 2.59. The zero-order chi connectivity index (χ0) is 12.1. The third-order valence-electron chi connectivity index (χ3n) is 2.66. The van der Waals surface area contributed by atoms with E-state index in [0.29, 0.717) is 17.5 Å².